The van der Waals surface area contributed by atoms with Crippen LogP contribution in [0, 0.1) is 0 Å². The molecule has 0 radical (unpaired) electrons. The van der Waals surface area contributed by atoms with Gasteiger partial charge in [-0.3, -0.25) is 4.90 Å². The summed E-state index contributed by atoms with van der Waals surface area (Å²) in [4.78, 5) is 4.95. The first kappa shape index (κ1) is 28.5. The third kappa shape index (κ3) is 6.80. The van der Waals surface area contributed by atoms with Crippen molar-refractivity contribution in [2.45, 2.75) is 19.1 Å². The Bertz CT molecular complexity index is 1180. The van der Waals surface area contributed by atoms with E-state index in [2.05, 4.69) is 113 Å². The maximum Gasteiger partial charge on any atom is 0.0845 e. The third-order valence-electron chi connectivity index (χ3n) is 6.68. The maximum atomic E-state index is 11.0. The first-order chi connectivity index (χ1) is 16.1. The molecule has 1 aliphatic rings. The number of benzene rings is 3. The Morgan fingerprint density at radius 1 is 0.714 bits per heavy atom. The van der Waals surface area contributed by atoms with E-state index in [1.807, 2.05) is 0 Å². The minimum atomic E-state index is -0.410. The van der Waals surface area contributed by atoms with Crippen molar-refractivity contribution in [3.63, 3.8) is 0 Å². The van der Waals surface area contributed by atoms with E-state index in [0.717, 1.165) is 59.1 Å². The molecule has 0 saturated carbocycles. The molecule has 4 aromatic rings. The average molecular weight is 642 g/mol. The topological polar surface area (TPSA) is 31.6 Å². The number of aromatic nitrogens is 1. The van der Waals surface area contributed by atoms with Crippen LogP contribution in [0.2, 0.25) is 0 Å². The van der Waals surface area contributed by atoms with Crippen LogP contribution in [-0.2, 0) is 13.0 Å². The molecule has 1 unspecified atom stereocenters. The number of rotatable bonds is 7. The summed E-state index contributed by atoms with van der Waals surface area (Å²) in [5, 5.41) is 13.4. The number of halogens is 4. The van der Waals surface area contributed by atoms with Crippen LogP contribution in [0.5, 0.6) is 0 Å². The lowest BCUT2D eigenvalue weighted by Gasteiger charge is -2.35. The molecule has 0 aliphatic carbocycles. The fourth-order valence-electron chi connectivity index (χ4n) is 4.94. The molecule has 188 valence electrons. The summed E-state index contributed by atoms with van der Waals surface area (Å²) < 4.78 is 4.41. The largest absolute Gasteiger partial charge is 1.00 e. The van der Waals surface area contributed by atoms with Gasteiger partial charge in [0, 0.05) is 70.0 Å². The van der Waals surface area contributed by atoms with Gasteiger partial charge < -0.3 is 39.4 Å². The van der Waals surface area contributed by atoms with Gasteiger partial charge in [-0.05, 0) is 48.4 Å². The first-order valence-corrected chi connectivity index (χ1v) is 13.2. The van der Waals surface area contributed by atoms with Gasteiger partial charge in [0.05, 0.1) is 12.6 Å². The van der Waals surface area contributed by atoms with Gasteiger partial charge >= 0.3 is 0 Å². The van der Waals surface area contributed by atoms with Crippen molar-refractivity contribution in [2.24, 2.45) is 0 Å². The predicted octanol–water partition coefficient (Wildman–Crippen LogP) is -0.451. The van der Waals surface area contributed by atoms with E-state index in [0.29, 0.717) is 13.1 Å². The van der Waals surface area contributed by atoms with Gasteiger partial charge in [0.25, 0.3) is 0 Å². The van der Waals surface area contributed by atoms with Gasteiger partial charge in [0.2, 0.25) is 0 Å². The van der Waals surface area contributed by atoms with Crippen molar-refractivity contribution in [1.82, 2.24) is 14.4 Å². The number of aliphatic hydroxyl groups excluding tert-OH is 1. The van der Waals surface area contributed by atoms with E-state index < -0.39 is 6.10 Å². The molecule has 1 N–H and O–H groups in total. The van der Waals surface area contributed by atoms with E-state index in [9.17, 15) is 5.11 Å². The molecular weight excluding hydrogens is 613 g/mol. The fraction of sp³-hybridized carbons (Fsp3) is 0.333. The van der Waals surface area contributed by atoms with Crippen molar-refractivity contribution >= 4 is 53.7 Å². The molecule has 35 heavy (non-hydrogen) atoms. The summed E-state index contributed by atoms with van der Waals surface area (Å²) in [5.41, 5.74) is 3.73. The van der Waals surface area contributed by atoms with E-state index in [-0.39, 0.29) is 24.8 Å². The van der Waals surface area contributed by atoms with E-state index in [4.69, 9.17) is 0 Å². The molecule has 1 saturated heterocycles. The molecule has 1 aliphatic heterocycles. The van der Waals surface area contributed by atoms with Gasteiger partial charge in [0.15, 0.2) is 0 Å². The third-order valence-corrected chi connectivity index (χ3v) is 7.66. The summed E-state index contributed by atoms with van der Waals surface area (Å²) in [6.45, 7) is 6.57. The monoisotopic (exact) mass is 639 g/mol. The highest BCUT2D eigenvalue weighted by Gasteiger charge is 2.21. The van der Waals surface area contributed by atoms with Gasteiger partial charge in [-0.15, -0.1) is 0 Å². The van der Waals surface area contributed by atoms with E-state index in [1.165, 1.54) is 16.3 Å². The Kier molecular flexibility index (Phi) is 10.5. The predicted molar refractivity (Wildman–Crippen MR) is 144 cm³/mol. The lowest BCUT2D eigenvalue weighted by atomic mass is 10.1. The number of piperazine rings is 1. The Balaban J connectivity index is 0.00000171. The van der Waals surface area contributed by atoms with E-state index >= 15 is 0 Å². The van der Waals surface area contributed by atoms with Crippen molar-refractivity contribution in [3.05, 3.63) is 81.2 Å². The van der Waals surface area contributed by atoms with Crippen LogP contribution >= 0.6 is 31.9 Å². The zero-order valence-corrected chi connectivity index (χ0v) is 24.1. The minimum absolute atomic E-state index is 0. The first-order valence-electron chi connectivity index (χ1n) is 11.6. The molecule has 1 fully saturated rings. The van der Waals surface area contributed by atoms with Crippen LogP contribution in [0.4, 0.5) is 0 Å². The van der Waals surface area contributed by atoms with Crippen LogP contribution in [0.3, 0.4) is 0 Å². The lowest BCUT2D eigenvalue weighted by Crippen LogP contribution is -3.00. The highest BCUT2D eigenvalue weighted by molar-refractivity contribution is 9.10. The van der Waals surface area contributed by atoms with Gasteiger partial charge in [-0.1, -0.05) is 62.2 Å². The number of fused-ring (bicyclic) bond motifs is 3. The highest BCUT2D eigenvalue weighted by Crippen LogP contribution is 2.33. The number of β-amino-alcohol motifs (C(OH)–C–C–N with tert-alkyl or cyclic N) is 1. The van der Waals surface area contributed by atoms with Crippen molar-refractivity contribution in [3.8, 4) is 0 Å². The molecule has 4 nitrogen and oxygen atoms in total. The SMILES string of the molecule is OC(CN1CCN(CCc2ccccc2)CC1)Cn1c2ccc(Br)cc2c2cc(Br)ccc21.[Cl-].[Cl-]. The molecule has 5 rings (SSSR count). The van der Waals surface area contributed by atoms with Crippen molar-refractivity contribution in [2.75, 3.05) is 39.3 Å². The highest BCUT2D eigenvalue weighted by atomic mass is 79.9. The zero-order chi connectivity index (χ0) is 22.8. The number of hydrogen-bond acceptors (Lipinski definition) is 3. The quantitative estimate of drug-likeness (QED) is 0.297. The number of hydrogen-bond donors (Lipinski definition) is 1. The summed E-state index contributed by atoms with van der Waals surface area (Å²) in [6.07, 6.45) is 0.690. The fourth-order valence-corrected chi connectivity index (χ4v) is 5.66. The summed E-state index contributed by atoms with van der Waals surface area (Å²) in [7, 11) is 0. The second-order valence-corrected chi connectivity index (χ2v) is 10.8. The summed E-state index contributed by atoms with van der Waals surface area (Å²) >= 11 is 7.22. The smallest absolute Gasteiger partial charge is 0.0845 e. The Hall–Kier alpha value is -1.12. The van der Waals surface area contributed by atoms with Crippen LogP contribution in [0.1, 0.15) is 5.56 Å². The molecule has 2 heterocycles. The summed E-state index contributed by atoms with van der Waals surface area (Å²) in [5.74, 6) is 0. The molecule has 3 aromatic carbocycles. The summed E-state index contributed by atoms with van der Waals surface area (Å²) in [6, 6.07) is 23.5. The van der Waals surface area contributed by atoms with E-state index in [1.54, 1.807) is 0 Å². The molecule has 0 bridgehead atoms. The second-order valence-electron chi connectivity index (χ2n) is 8.97. The molecule has 8 heteroatoms. The molecule has 0 spiro atoms. The van der Waals surface area contributed by atoms with Crippen LogP contribution in [0.15, 0.2) is 75.7 Å². The van der Waals surface area contributed by atoms with Crippen LogP contribution in [0.25, 0.3) is 21.8 Å². The van der Waals surface area contributed by atoms with Crippen LogP contribution in [-0.4, -0.2) is 64.8 Å². The zero-order valence-electron chi connectivity index (χ0n) is 19.4. The number of nitrogens with zero attached hydrogens (tertiary/aromatic N) is 3. The van der Waals surface area contributed by atoms with Gasteiger partial charge in [-0.2, -0.15) is 0 Å². The maximum absolute atomic E-state index is 11.0. The average Bonchev–Trinajstić information content (AvgIpc) is 3.11. The Labute approximate surface area is 236 Å². The Morgan fingerprint density at radius 3 is 1.83 bits per heavy atom. The molecule has 0 amide bonds. The minimum Gasteiger partial charge on any atom is -1.00 e. The van der Waals surface area contributed by atoms with Crippen molar-refractivity contribution < 1.29 is 29.9 Å². The second kappa shape index (κ2) is 12.9. The van der Waals surface area contributed by atoms with Crippen molar-refractivity contribution in [1.29, 1.82) is 0 Å². The van der Waals surface area contributed by atoms with Gasteiger partial charge in [0.1, 0.15) is 0 Å². The standard InChI is InChI=1S/C27H29Br2N3O.2ClH/c28-21-6-8-26-24(16-21)25-17-22(29)7-9-27(25)32(26)19-23(33)18-31-14-12-30(13-15-31)11-10-20-4-2-1-3-5-20;;/h1-9,16-17,23,33H,10-15,18-19H2;2*1H/p-2. The van der Waals surface area contributed by atoms with Crippen LogP contribution < -0.4 is 24.8 Å². The van der Waals surface area contributed by atoms with Gasteiger partial charge in [-0.25, -0.2) is 0 Å². The molecule has 1 aromatic heterocycles. The molecular formula is C27H29Br2Cl2N3O-2. The molecule has 1 atom stereocenters. The lowest BCUT2D eigenvalue weighted by molar-refractivity contribution is -0.001000. The number of aliphatic hydroxyl groups is 1. The Morgan fingerprint density at radius 2 is 1.26 bits per heavy atom. The normalized spacial score (nSPS) is 15.6.